The number of nitrogens with one attached hydrogen (secondary N) is 1. The SMILES string of the molecule is CCNC(C1CCCC1)C(CC)OCC. The molecule has 1 fully saturated rings. The Labute approximate surface area is 94.8 Å². The van der Waals surface area contributed by atoms with Crippen molar-refractivity contribution in [1.82, 2.24) is 5.32 Å². The zero-order chi connectivity index (χ0) is 11.1. The van der Waals surface area contributed by atoms with Crippen molar-refractivity contribution in [2.75, 3.05) is 13.2 Å². The summed E-state index contributed by atoms with van der Waals surface area (Å²) in [6.45, 7) is 8.43. The minimum Gasteiger partial charge on any atom is -0.377 e. The molecule has 15 heavy (non-hydrogen) atoms. The lowest BCUT2D eigenvalue weighted by Crippen LogP contribution is -2.45. The van der Waals surface area contributed by atoms with Crippen molar-refractivity contribution in [2.24, 2.45) is 5.92 Å². The molecular formula is C13H27NO. The van der Waals surface area contributed by atoms with Crippen molar-refractivity contribution in [2.45, 2.75) is 65.0 Å². The predicted molar refractivity (Wildman–Crippen MR) is 65.1 cm³/mol. The molecule has 0 aromatic carbocycles. The molecule has 0 aromatic rings. The van der Waals surface area contributed by atoms with Gasteiger partial charge in [0.2, 0.25) is 0 Å². The number of ether oxygens (including phenoxy) is 1. The Morgan fingerprint density at radius 2 is 1.87 bits per heavy atom. The van der Waals surface area contributed by atoms with Crippen molar-refractivity contribution in [3.05, 3.63) is 0 Å². The summed E-state index contributed by atoms with van der Waals surface area (Å²) >= 11 is 0. The fourth-order valence-electron chi connectivity index (χ4n) is 2.84. The van der Waals surface area contributed by atoms with E-state index in [9.17, 15) is 0 Å². The van der Waals surface area contributed by atoms with Crippen molar-refractivity contribution in [1.29, 1.82) is 0 Å². The summed E-state index contributed by atoms with van der Waals surface area (Å²) in [5.41, 5.74) is 0. The third-order valence-corrected chi connectivity index (χ3v) is 3.53. The van der Waals surface area contributed by atoms with Crippen LogP contribution in [0.25, 0.3) is 0 Å². The van der Waals surface area contributed by atoms with Crippen molar-refractivity contribution < 1.29 is 4.74 Å². The molecule has 1 saturated carbocycles. The lowest BCUT2D eigenvalue weighted by molar-refractivity contribution is 0.0162. The third-order valence-electron chi connectivity index (χ3n) is 3.53. The molecule has 2 unspecified atom stereocenters. The van der Waals surface area contributed by atoms with Gasteiger partial charge < -0.3 is 10.1 Å². The van der Waals surface area contributed by atoms with Crippen LogP contribution in [0.5, 0.6) is 0 Å². The summed E-state index contributed by atoms with van der Waals surface area (Å²) in [6.07, 6.45) is 7.15. The highest BCUT2D eigenvalue weighted by Crippen LogP contribution is 2.30. The highest BCUT2D eigenvalue weighted by atomic mass is 16.5. The van der Waals surface area contributed by atoms with Crippen LogP contribution >= 0.6 is 0 Å². The molecule has 0 radical (unpaired) electrons. The molecule has 0 spiro atoms. The Kier molecular flexibility index (Phi) is 6.26. The number of rotatable bonds is 7. The van der Waals surface area contributed by atoms with Crippen LogP contribution in [0.1, 0.15) is 52.9 Å². The van der Waals surface area contributed by atoms with Gasteiger partial charge in [-0.05, 0) is 38.6 Å². The molecule has 0 amide bonds. The minimum absolute atomic E-state index is 0.415. The smallest absolute Gasteiger partial charge is 0.0727 e. The first kappa shape index (κ1) is 13.0. The summed E-state index contributed by atoms with van der Waals surface area (Å²) < 4.78 is 5.86. The molecule has 1 rings (SSSR count). The summed E-state index contributed by atoms with van der Waals surface area (Å²) in [4.78, 5) is 0. The Balaban J connectivity index is 2.52. The average Bonchev–Trinajstić information content (AvgIpc) is 2.76. The topological polar surface area (TPSA) is 21.3 Å². The monoisotopic (exact) mass is 213 g/mol. The van der Waals surface area contributed by atoms with Crippen LogP contribution in [0.3, 0.4) is 0 Å². The molecule has 2 heteroatoms. The van der Waals surface area contributed by atoms with Crippen LogP contribution in [0, 0.1) is 5.92 Å². The molecule has 2 atom stereocenters. The Morgan fingerprint density at radius 3 is 2.33 bits per heavy atom. The second-order valence-corrected chi connectivity index (χ2v) is 4.53. The molecule has 2 nitrogen and oxygen atoms in total. The molecule has 0 aliphatic heterocycles. The molecule has 1 N–H and O–H groups in total. The Morgan fingerprint density at radius 1 is 1.20 bits per heavy atom. The second-order valence-electron chi connectivity index (χ2n) is 4.53. The molecule has 1 aliphatic carbocycles. The zero-order valence-electron chi connectivity index (χ0n) is 10.6. The van der Waals surface area contributed by atoms with E-state index in [4.69, 9.17) is 4.74 Å². The van der Waals surface area contributed by atoms with Gasteiger partial charge in [0.05, 0.1) is 6.10 Å². The third kappa shape index (κ3) is 3.76. The lowest BCUT2D eigenvalue weighted by Gasteiger charge is -2.31. The number of hydrogen-bond acceptors (Lipinski definition) is 2. The van der Waals surface area contributed by atoms with Crippen LogP contribution in [0.15, 0.2) is 0 Å². The van der Waals surface area contributed by atoms with Crippen molar-refractivity contribution in [3.63, 3.8) is 0 Å². The van der Waals surface area contributed by atoms with Crippen LogP contribution < -0.4 is 5.32 Å². The summed E-state index contributed by atoms with van der Waals surface area (Å²) in [5, 5.41) is 3.64. The normalized spacial score (nSPS) is 21.8. The summed E-state index contributed by atoms with van der Waals surface area (Å²) in [7, 11) is 0. The van der Waals surface area contributed by atoms with Gasteiger partial charge in [0, 0.05) is 12.6 Å². The van der Waals surface area contributed by atoms with Crippen LogP contribution in [0.4, 0.5) is 0 Å². The van der Waals surface area contributed by atoms with Crippen molar-refractivity contribution in [3.8, 4) is 0 Å². The van der Waals surface area contributed by atoms with Gasteiger partial charge in [0.25, 0.3) is 0 Å². The van der Waals surface area contributed by atoms with E-state index in [1.807, 2.05) is 0 Å². The first-order valence-electron chi connectivity index (χ1n) is 6.68. The van der Waals surface area contributed by atoms with E-state index in [0.29, 0.717) is 12.1 Å². The number of hydrogen-bond donors (Lipinski definition) is 1. The highest BCUT2D eigenvalue weighted by molar-refractivity contribution is 4.86. The first-order chi connectivity index (χ1) is 7.33. The highest BCUT2D eigenvalue weighted by Gasteiger charge is 2.30. The Bertz CT molecular complexity index is 155. The van der Waals surface area contributed by atoms with Crippen LogP contribution in [-0.2, 0) is 4.74 Å². The van der Waals surface area contributed by atoms with Gasteiger partial charge in [-0.3, -0.25) is 0 Å². The van der Waals surface area contributed by atoms with E-state index in [-0.39, 0.29) is 0 Å². The standard InChI is InChI=1S/C13H27NO/c1-4-12(15-6-3)13(14-5-2)11-9-7-8-10-11/h11-14H,4-10H2,1-3H3. The molecule has 0 heterocycles. The maximum absolute atomic E-state index is 5.86. The van der Waals surface area contributed by atoms with E-state index in [2.05, 4.69) is 26.1 Å². The molecule has 90 valence electrons. The van der Waals surface area contributed by atoms with E-state index < -0.39 is 0 Å². The van der Waals surface area contributed by atoms with Crippen LogP contribution in [-0.4, -0.2) is 25.3 Å². The van der Waals surface area contributed by atoms with Gasteiger partial charge in [-0.25, -0.2) is 0 Å². The van der Waals surface area contributed by atoms with E-state index in [1.54, 1.807) is 0 Å². The van der Waals surface area contributed by atoms with Gasteiger partial charge in [0.15, 0.2) is 0 Å². The molecular weight excluding hydrogens is 186 g/mol. The Hall–Kier alpha value is -0.0800. The van der Waals surface area contributed by atoms with Crippen molar-refractivity contribution >= 4 is 0 Å². The van der Waals surface area contributed by atoms with Gasteiger partial charge in [-0.15, -0.1) is 0 Å². The van der Waals surface area contributed by atoms with Gasteiger partial charge in [0.1, 0.15) is 0 Å². The predicted octanol–water partition coefficient (Wildman–Crippen LogP) is 2.97. The fourth-order valence-corrected chi connectivity index (χ4v) is 2.84. The quantitative estimate of drug-likeness (QED) is 0.702. The number of likely N-dealkylation sites (N-methyl/N-ethyl adjacent to an activating group) is 1. The van der Waals surface area contributed by atoms with E-state index >= 15 is 0 Å². The largest absolute Gasteiger partial charge is 0.377 e. The molecule has 1 aliphatic rings. The van der Waals surface area contributed by atoms with E-state index in [0.717, 1.165) is 25.5 Å². The minimum atomic E-state index is 0.415. The van der Waals surface area contributed by atoms with Gasteiger partial charge in [-0.1, -0.05) is 26.7 Å². The second kappa shape index (κ2) is 7.24. The van der Waals surface area contributed by atoms with E-state index in [1.165, 1.54) is 25.7 Å². The molecule has 0 bridgehead atoms. The van der Waals surface area contributed by atoms with Gasteiger partial charge in [-0.2, -0.15) is 0 Å². The lowest BCUT2D eigenvalue weighted by atomic mass is 9.92. The average molecular weight is 213 g/mol. The fraction of sp³-hybridized carbons (Fsp3) is 1.00. The van der Waals surface area contributed by atoms with Gasteiger partial charge >= 0.3 is 0 Å². The first-order valence-corrected chi connectivity index (χ1v) is 6.68. The molecule has 0 saturated heterocycles. The summed E-state index contributed by atoms with van der Waals surface area (Å²) in [5.74, 6) is 0.849. The zero-order valence-corrected chi connectivity index (χ0v) is 10.6. The maximum Gasteiger partial charge on any atom is 0.0727 e. The summed E-state index contributed by atoms with van der Waals surface area (Å²) in [6, 6.07) is 0.586. The molecule has 0 aromatic heterocycles. The maximum atomic E-state index is 5.86. The van der Waals surface area contributed by atoms with Crippen LogP contribution in [0.2, 0.25) is 0 Å².